The van der Waals surface area contributed by atoms with Crippen LogP contribution in [0.25, 0.3) is 10.9 Å². The number of nitrogens with zero attached hydrogens (tertiary/aromatic N) is 2. The highest BCUT2D eigenvalue weighted by molar-refractivity contribution is 6.03. The highest BCUT2D eigenvalue weighted by atomic mass is 19.1. The van der Waals surface area contributed by atoms with E-state index in [9.17, 15) is 14.7 Å². The molecule has 2 aliphatic carbocycles. The average Bonchev–Trinajstić information content (AvgIpc) is 3.43. The predicted octanol–water partition coefficient (Wildman–Crippen LogP) is 3.45. The second kappa shape index (κ2) is 6.94. The zero-order valence-corrected chi connectivity index (χ0v) is 17.8. The minimum absolute atomic E-state index is 0.0153. The molecule has 4 N–H and O–H groups in total. The SMILES string of the molecule is Nc1c(F)c(N[C@H]2CC[C@H](c3ccccn3)C2)c2c3c1c(=O)c(C(=O)O)cn3C1(CC1)CO2. The molecule has 170 valence electrons. The molecule has 0 unspecified atom stereocenters. The molecule has 1 spiro atoms. The Morgan fingerprint density at radius 1 is 1.33 bits per heavy atom. The Morgan fingerprint density at radius 3 is 2.85 bits per heavy atom. The monoisotopic (exact) mass is 450 g/mol. The molecule has 3 heterocycles. The maximum atomic E-state index is 15.6. The first-order valence-corrected chi connectivity index (χ1v) is 11.1. The molecule has 2 atom stereocenters. The molecule has 0 radical (unpaired) electrons. The van der Waals surface area contributed by atoms with E-state index < -0.39 is 28.3 Å². The van der Waals surface area contributed by atoms with Gasteiger partial charge in [0.1, 0.15) is 17.9 Å². The van der Waals surface area contributed by atoms with E-state index in [-0.39, 0.29) is 41.1 Å². The maximum absolute atomic E-state index is 15.6. The molecule has 3 aromatic rings. The van der Waals surface area contributed by atoms with Crippen molar-refractivity contribution >= 4 is 28.2 Å². The number of nitrogen functional groups attached to an aromatic ring is 1. The lowest BCUT2D eigenvalue weighted by atomic mass is 10.0. The van der Waals surface area contributed by atoms with Crippen molar-refractivity contribution in [3.63, 3.8) is 0 Å². The van der Waals surface area contributed by atoms with Crippen LogP contribution in [0.1, 0.15) is 54.1 Å². The number of aromatic carboxylic acids is 1. The second-order valence-corrected chi connectivity index (χ2v) is 9.32. The van der Waals surface area contributed by atoms with Crippen LogP contribution in [0, 0.1) is 5.82 Å². The third kappa shape index (κ3) is 2.91. The van der Waals surface area contributed by atoms with Crippen LogP contribution in [-0.2, 0) is 5.54 Å². The number of hydrogen-bond donors (Lipinski definition) is 3. The minimum atomic E-state index is -1.36. The van der Waals surface area contributed by atoms with Gasteiger partial charge in [0, 0.05) is 30.0 Å². The Bertz CT molecular complexity index is 1370. The van der Waals surface area contributed by atoms with E-state index in [0.29, 0.717) is 5.52 Å². The summed E-state index contributed by atoms with van der Waals surface area (Å²) in [6, 6.07) is 5.83. The summed E-state index contributed by atoms with van der Waals surface area (Å²) in [6.45, 7) is 0.288. The molecule has 1 aromatic carbocycles. The summed E-state index contributed by atoms with van der Waals surface area (Å²) in [6.07, 6.45) is 7.24. The highest BCUT2D eigenvalue weighted by Gasteiger charge is 2.50. The number of aromatic nitrogens is 2. The lowest BCUT2D eigenvalue weighted by molar-refractivity contribution is 0.0694. The summed E-state index contributed by atoms with van der Waals surface area (Å²) in [5, 5.41) is 12.7. The van der Waals surface area contributed by atoms with Gasteiger partial charge in [-0.1, -0.05) is 6.07 Å². The lowest BCUT2D eigenvalue weighted by Gasteiger charge is -2.32. The molecule has 3 aliphatic rings. The zero-order chi connectivity index (χ0) is 22.9. The third-order valence-electron chi connectivity index (χ3n) is 7.32. The van der Waals surface area contributed by atoms with E-state index in [1.807, 2.05) is 18.2 Å². The number of carbonyl (C=O) groups is 1. The maximum Gasteiger partial charge on any atom is 0.341 e. The molecule has 0 saturated heterocycles. The first-order chi connectivity index (χ1) is 15.9. The summed E-state index contributed by atoms with van der Waals surface area (Å²) in [5.41, 5.74) is 5.67. The predicted molar refractivity (Wildman–Crippen MR) is 120 cm³/mol. The fourth-order valence-corrected chi connectivity index (χ4v) is 5.35. The summed E-state index contributed by atoms with van der Waals surface area (Å²) in [4.78, 5) is 29.1. The van der Waals surface area contributed by atoms with Gasteiger partial charge in [0.25, 0.3) is 0 Å². The van der Waals surface area contributed by atoms with Gasteiger partial charge in [-0.2, -0.15) is 0 Å². The number of carboxylic acid groups (broad SMARTS) is 1. The number of fused-ring (bicyclic) bond motifs is 1. The number of nitrogens with one attached hydrogen (secondary N) is 1. The Morgan fingerprint density at radius 2 is 2.15 bits per heavy atom. The summed E-state index contributed by atoms with van der Waals surface area (Å²) < 4.78 is 23.4. The molecule has 6 rings (SSSR count). The van der Waals surface area contributed by atoms with E-state index >= 15 is 4.39 Å². The number of ether oxygens (including phenoxy) is 1. The van der Waals surface area contributed by atoms with Crippen molar-refractivity contribution in [2.45, 2.75) is 49.6 Å². The van der Waals surface area contributed by atoms with Crippen molar-refractivity contribution < 1.29 is 19.0 Å². The summed E-state index contributed by atoms with van der Waals surface area (Å²) >= 11 is 0. The zero-order valence-electron chi connectivity index (χ0n) is 17.8. The average molecular weight is 450 g/mol. The van der Waals surface area contributed by atoms with Crippen LogP contribution in [0.5, 0.6) is 5.75 Å². The van der Waals surface area contributed by atoms with Crippen molar-refractivity contribution in [1.29, 1.82) is 0 Å². The van der Waals surface area contributed by atoms with E-state index in [1.165, 1.54) is 6.20 Å². The topological polar surface area (TPSA) is 119 Å². The van der Waals surface area contributed by atoms with Gasteiger partial charge in [-0.3, -0.25) is 9.78 Å². The molecule has 0 amide bonds. The first kappa shape index (κ1) is 20.0. The molecule has 0 bridgehead atoms. The molecule has 33 heavy (non-hydrogen) atoms. The Kier molecular flexibility index (Phi) is 4.21. The van der Waals surface area contributed by atoms with Gasteiger partial charge < -0.3 is 25.5 Å². The number of rotatable bonds is 4. The fourth-order valence-electron chi connectivity index (χ4n) is 5.35. The number of pyridine rings is 2. The summed E-state index contributed by atoms with van der Waals surface area (Å²) in [7, 11) is 0. The fraction of sp³-hybridized carbons (Fsp3) is 0.375. The van der Waals surface area contributed by atoms with Crippen LogP contribution in [0.4, 0.5) is 15.8 Å². The van der Waals surface area contributed by atoms with Gasteiger partial charge in [-0.15, -0.1) is 0 Å². The van der Waals surface area contributed by atoms with Gasteiger partial charge >= 0.3 is 5.97 Å². The van der Waals surface area contributed by atoms with Crippen molar-refractivity contribution in [3.05, 3.63) is 57.9 Å². The van der Waals surface area contributed by atoms with Crippen LogP contribution < -0.4 is 21.2 Å². The van der Waals surface area contributed by atoms with E-state index in [0.717, 1.165) is 37.8 Å². The van der Waals surface area contributed by atoms with Gasteiger partial charge in [-0.25, -0.2) is 9.18 Å². The summed E-state index contributed by atoms with van der Waals surface area (Å²) in [5.74, 6) is -1.64. The Labute approximate surface area is 188 Å². The number of hydrogen-bond acceptors (Lipinski definition) is 6. The van der Waals surface area contributed by atoms with Gasteiger partial charge in [0.15, 0.2) is 11.6 Å². The van der Waals surface area contributed by atoms with Crippen LogP contribution in [0.15, 0.2) is 35.4 Å². The van der Waals surface area contributed by atoms with E-state index in [1.54, 1.807) is 10.8 Å². The van der Waals surface area contributed by atoms with Crippen molar-refractivity contribution in [2.75, 3.05) is 17.7 Å². The van der Waals surface area contributed by atoms with Gasteiger partial charge in [-0.05, 0) is 44.2 Å². The molecular formula is C24H23FN4O4. The number of nitrogens with two attached hydrogens (primary N) is 1. The van der Waals surface area contributed by atoms with Gasteiger partial charge in [0.05, 0.1) is 22.1 Å². The number of anilines is 2. The highest BCUT2D eigenvalue weighted by Crippen LogP contribution is 2.53. The second-order valence-electron chi connectivity index (χ2n) is 9.32. The van der Waals surface area contributed by atoms with E-state index in [4.69, 9.17) is 10.5 Å². The molecule has 2 aromatic heterocycles. The van der Waals surface area contributed by atoms with Gasteiger partial charge in [0.2, 0.25) is 5.43 Å². The quantitative estimate of drug-likeness (QED) is 0.521. The van der Waals surface area contributed by atoms with Crippen LogP contribution in [0.3, 0.4) is 0 Å². The number of halogens is 1. The Balaban J connectivity index is 1.46. The van der Waals surface area contributed by atoms with E-state index in [2.05, 4.69) is 10.3 Å². The lowest BCUT2D eigenvalue weighted by Crippen LogP contribution is -2.34. The smallest absolute Gasteiger partial charge is 0.341 e. The molecule has 2 fully saturated rings. The third-order valence-corrected chi connectivity index (χ3v) is 7.32. The van der Waals surface area contributed by atoms with Crippen molar-refractivity contribution in [2.24, 2.45) is 0 Å². The standard InChI is InChI=1S/C24H23FN4O4/c25-17-18(26)16-20-22(19(17)28-13-5-4-12(9-13)15-3-1-2-8-27-15)33-11-24(6-7-24)29(20)10-14(21(16)30)23(31)32/h1-3,8,10,12-13,28H,4-7,9,11,26H2,(H,31,32)/t12-,13-/m0/s1. The normalized spacial score (nSPS) is 22.3. The molecular weight excluding hydrogens is 427 g/mol. The molecule has 8 nitrogen and oxygen atoms in total. The molecule has 1 aliphatic heterocycles. The Hall–Kier alpha value is -3.62. The number of benzene rings is 1. The minimum Gasteiger partial charge on any atom is -0.487 e. The van der Waals surface area contributed by atoms with Crippen molar-refractivity contribution in [3.8, 4) is 5.75 Å². The van der Waals surface area contributed by atoms with Crippen LogP contribution >= 0.6 is 0 Å². The van der Waals surface area contributed by atoms with Crippen molar-refractivity contribution in [1.82, 2.24) is 9.55 Å². The van der Waals surface area contributed by atoms with Crippen LogP contribution in [0.2, 0.25) is 0 Å². The largest absolute Gasteiger partial charge is 0.487 e. The number of carboxylic acids is 1. The molecule has 9 heteroatoms. The molecule has 2 saturated carbocycles. The first-order valence-electron chi connectivity index (χ1n) is 11.1. The van der Waals surface area contributed by atoms with Crippen LogP contribution in [-0.4, -0.2) is 33.3 Å².